The third-order valence-electron chi connectivity index (χ3n) is 3.35. The molecule has 2 rings (SSSR count). The van der Waals surface area contributed by atoms with E-state index >= 15 is 0 Å². The first-order valence-corrected chi connectivity index (χ1v) is 9.13. The molecule has 0 saturated heterocycles. The summed E-state index contributed by atoms with van der Waals surface area (Å²) < 4.78 is 5.15. The van der Waals surface area contributed by atoms with Gasteiger partial charge in [-0.05, 0) is 18.2 Å². The highest BCUT2D eigenvalue weighted by Gasteiger charge is 2.24. The second kappa shape index (κ2) is 9.17. The predicted molar refractivity (Wildman–Crippen MR) is 108 cm³/mol. The highest BCUT2D eigenvalue weighted by Crippen LogP contribution is 2.36. The minimum atomic E-state index is -0.659. The van der Waals surface area contributed by atoms with Crippen LogP contribution in [-0.2, 0) is 4.79 Å². The molecule has 2 amide bonds. The average Bonchev–Trinajstić information content (AvgIpc) is 2.62. The third-order valence-corrected chi connectivity index (χ3v) is 5.26. The largest absolute Gasteiger partial charge is 0.495 e. The Balaban J connectivity index is 2.15. The second-order valence-electron chi connectivity index (χ2n) is 5.25. The molecule has 2 aromatic rings. The minimum Gasteiger partial charge on any atom is -0.495 e. The summed E-state index contributed by atoms with van der Waals surface area (Å²) >= 11 is 29.5. The Labute approximate surface area is 180 Å². The number of nitrogens with one attached hydrogen (secondary N) is 1. The van der Waals surface area contributed by atoms with E-state index in [0.29, 0.717) is 16.5 Å². The summed E-state index contributed by atoms with van der Waals surface area (Å²) in [6, 6.07) is 4.75. The molecule has 1 heterocycles. The molecule has 0 bridgehead atoms. The van der Waals surface area contributed by atoms with E-state index in [4.69, 9.17) is 62.7 Å². The number of ether oxygens (including phenoxy) is 1. The van der Waals surface area contributed by atoms with Gasteiger partial charge in [-0.1, -0.05) is 58.0 Å². The van der Waals surface area contributed by atoms with Crippen molar-refractivity contribution >= 4 is 75.5 Å². The van der Waals surface area contributed by atoms with Crippen molar-refractivity contribution in [2.75, 3.05) is 26.0 Å². The highest BCUT2D eigenvalue weighted by atomic mass is 35.5. The summed E-state index contributed by atoms with van der Waals surface area (Å²) in [5.41, 5.74) is 0.149. The van der Waals surface area contributed by atoms with Gasteiger partial charge in [-0.25, -0.2) is 4.98 Å². The lowest BCUT2D eigenvalue weighted by Crippen LogP contribution is -2.35. The number of aromatic nitrogens is 1. The summed E-state index contributed by atoms with van der Waals surface area (Å²) in [4.78, 5) is 29.8. The van der Waals surface area contributed by atoms with Crippen LogP contribution in [0.4, 0.5) is 5.69 Å². The van der Waals surface area contributed by atoms with Crippen LogP contribution in [0.3, 0.4) is 0 Å². The molecule has 6 nitrogen and oxygen atoms in total. The number of anilines is 1. The number of benzene rings is 1. The number of amides is 2. The van der Waals surface area contributed by atoms with E-state index in [1.165, 1.54) is 20.2 Å². The van der Waals surface area contributed by atoms with Crippen molar-refractivity contribution in [1.82, 2.24) is 9.88 Å². The van der Waals surface area contributed by atoms with Crippen LogP contribution in [-0.4, -0.2) is 42.4 Å². The molecule has 1 N–H and O–H groups in total. The third kappa shape index (κ3) is 5.09. The number of methoxy groups -OCH3 is 1. The first-order chi connectivity index (χ1) is 12.6. The Morgan fingerprint density at radius 1 is 1.11 bits per heavy atom. The molecule has 1 aromatic carbocycles. The molecule has 0 atom stereocenters. The lowest BCUT2D eigenvalue weighted by molar-refractivity contribution is -0.116. The van der Waals surface area contributed by atoms with Crippen molar-refractivity contribution in [3.8, 4) is 5.75 Å². The van der Waals surface area contributed by atoms with Crippen molar-refractivity contribution in [2.45, 2.75) is 0 Å². The molecule has 0 saturated carbocycles. The van der Waals surface area contributed by atoms with Crippen LogP contribution >= 0.6 is 58.0 Å². The van der Waals surface area contributed by atoms with Gasteiger partial charge in [0, 0.05) is 12.1 Å². The molecule has 0 fully saturated rings. The van der Waals surface area contributed by atoms with Gasteiger partial charge in [0.15, 0.2) is 0 Å². The van der Waals surface area contributed by atoms with Gasteiger partial charge >= 0.3 is 0 Å². The standard InChI is InChI=1S/C16H12Cl5N3O3/c1-24(16(26)14-12(19)11(18)13(20)15(21)23-14)6-10(25)22-8-5-7(17)3-4-9(8)27-2/h3-5H,6H2,1-2H3,(H,22,25). The topological polar surface area (TPSA) is 71.5 Å². The number of hydrogen-bond acceptors (Lipinski definition) is 4. The first-order valence-electron chi connectivity index (χ1n) is 7.24. The number of carbonyl (C=O) groups excluding carboxylic acids is 2. The molecular weight excluding hydrogens is 459 g/mol. The zero-order valence-electron chi connectivity index (χ0n) is 13.9. The van der Waals surface area contributed by atoms with Crippen molar-refractivity contribution in [3.05, 3.63) is 49.1 Å². The van der Waals surface area contributed by atoms with Crippen LogP contribution in [0.15, 0.2) is 18.2 Å². The van der Waals surface area contributed by atoms with Crippen molar-refractivity contribution in [1.29, 1.82) is 0 Å². The number of likely N-dealkylation sites (N-methyl/N-ethyl adjacent to an activating group) is 1. The summed E-state index contributed by atoms with van der Waals surface area (Å²) in [5.74, 6) is -0.731. The molecular formula is C16H12Cl5N3O3. The van der Waals surface area contributed by atoms with Crippen LogP contribution in [0.1, 0.15) is 10.5 Å². The van der Waals surface area contributed by atoms with Gasteiger partial charge in [0.05, 0.1) is 34.4 Å². The van der Waals surface area contributed by atoms with Gasteiger partial charge in [0.25, 0.3) is 5.91 Å². The fourth-order valence-electron chi connectivity index (χ4n) is 2.06. The molecule has 0 spiro atoms. The first kappa shape index (κ1) is 21.9. The quantitative estimate of drug-likeness (QED) is 0.618. The van der Waals surface area contributed by atoms with Gasteiger partial charge in [0.1, 0.15) is 16.6 Å². The predicted octanol–water partition coefficient (Wildman–Crippen LogP) is 5.07. The molecule has 1 aromatic heterocycles. The van der Waals surface area contributed by atoms with E-state index in [1.807, 2.05) is 0 Å². The SMILES string of the molecule is COc1ccc(Cl)cc1NC(=O)CN(C)C(=O)c1nc(Cl)c(Cl)c(Cl)c1Cl. The number of halogens is 5. The number of rotatable bonds is 5. The van der Waals surface area contributed by atoms with Gasteiger partial charge in [-0.2, -0.15) is 0 Å². The van der Waals surface area contributed by atoms with Crippen molar-refractivity contribution in [3.63, 3.8) is 0 Å². The maximum Gasteiger partial charge on any atom is 0.274 e. The van der Waals surface area contributed by atoms with Crippen LogP contribution in [0, 0.1) is 0 Å². The summed E-state index contributed by atoms with van der Waals surface area (Å²) in [6.07, 6.45) is 0. The Kier molecular flexibility index (Phi) is 7.42. The lowest BCUT2D eigenvalue weighted by atomic mass is 10.2. The Morgan fingerprint density at radius 3 is 2.41 bits per heavy atom. The van der Waals surface area contributed by atoms with Crippen LogP contribution < -0.4 is 10.1 Å². The molecule has 144 valence electrons. The number of pyridine rings is 1. The summed E-state index contributed by atoms with van der Waals surface area (Å²) in [7, 11) is 2.85. The van der Waals surface area contributed by atoms with Gasteiger partial charge < -0.3 is 15.0 Å². The maximum atomic E-state index is 12.5. The van der Waals surface area contributed by atoms with E-state index in [0.717, 1.165) is 4.90 Å². The van der Waals surface area contributed by atoms with Crippen molar-refractivity contribution in [2.24, 2.45) is 0 Å². The zero-order chi connectivity index (χ0) is 20.3. The lowest BCUT2D eigenvalue weighted by Gasteiger charge is -2.18. The van der Waals surface area contributed by atoms with Gasteiger partial charge in [0.2, 0.25) is 5.91 Å². The van der Waals surface area contributed by atoms with Gasteiger partial charge in [-0.15, -0.1) is 0 Å². The number of hydrogen-bond donors (Lipinski definition) is 1. The van der Waals surface area contributed by atoms with Crippen molar-refractivity contribution < 1.29 is 14.3 Å². The fourth-order valence-corrected chi connectivity index (χ4v) is 3.05. The maximum absolute atomic E-state index is 12.5. The Morgan fingerprint density at radius 2 is 1.78 bits per heavy atom. The van der Waals surface area contributed by atoms with Crippen LogP contribution in [0.25, 0.3) is 0 Å². The number of nitrogens with zero attached hydrogens (tertiary/aromatic N) is 2. The molecule has 0 radical (unpaired) electrons. The van der Waals surface area contributed by atoms with Gasteiger partial charge in [-0.3, -0.25) is 9.59 Å². The monoisotopic (exact) mass is 469 g/mol. The van der Waals surface area contributed by atoms with E-state index < -0.39 is 11.8 Å². The molecule has 0 aliphatic heterocycles. The highest BCUT2D eigenvalue weighted by molar-refractivity contribution is 6.52. The summed E-state index contributed by atoms with van der Waals surface area (Å²) in [6.45, 7) is -0.301. The smallest absolute Gasteiger partial charge is 0.274 e. The zero-order valence-corrected chi connectivity index (χ0v) is 17.7. The Bertz CT molecular complexity index is 907. The fraction of sp³-hybridized carbons (Fsp3) is 0.188. The molecule has 0 aliphatic rings. The molecule has 0 aliphatic carbocycles. The molecule has 0 unspecified atom stereocenters. The number of carbonyl (C=O) groups is 2. The molecule has 27 heavy (non-hydrogen) atoms. The van der Waals surface area contributed by atoms with Crippen LogP contribution in [0.2, 0.25) is 25.2 Å². The van der Waals surface area contributed by atoms with E-state index in [2.05, 4.69) is 10.3 Å². The average molecular weight is 472 g/mol. The van der Waals surface area contributed by atoms with Crippen LogP contribution in [0.5, 0.6) is 5.75 Å². The van der Waals surface area contributed by atoms with E-state index in [9.17, 15) is 9.59 Å². The normalized spacial score (nSPS) is 10.5. The Hall–Kier alpha value is -1.44. The molecule has 11 heteroatoms. The van der Waals surface area contributed by atoms with E-state index in [1.54, 1.807) is 12.1 Å². The summed E-state index contributed by atoms with van der Waals surface area (Å²) in [5, 5.41) is 2.55. The minimum absolute atomic E-state index is 0.0617. The second-order valence-corrected chi connectivity index (χ2v) is 7.18. The van der Waals surface area contributed by atoms with E-state index in [-0.39, 0.29) is 32.5 Å².